The first-order chi connectivity index (χ1) is 31.0. The highest BCUT2D eigenvalue weighted by Crippen LogP contribution is 2.17. The first-order valence-electron chi connectivity index (χ1n) is 28.1. The Morgan fingerprint density at radius 3 is 1.21 bits per heavy atom. The van der Waals surface area contributed by atoms with E-state index in [0.717, 1.165) is 83.5 Å². The molecule has 2 atom stereocenters. The SMILES string of the molecule is CCCCCCCCCCCCCCCCCCC(O)C(CO)NC(=O)CCCCCCCCC/C=C\C/C=C\CCCCCOC(=O)CCCCCCCCCCCCCCC. The van der Waals surface area contributed by atoms with Crippen LogP contribution >= 0.6 is 0 Å². The van der Waals surface area contributed by atoms with E-state index in [2.05, 4.69) is 43.5 Å². The summed E-state index contributed by atoms with van der Waals surface area (Å²) in [6, 6.07) is -0.553. The van der Waals surface area contributed by atoms with Gasteiger partial charge in [-0.1, -0.05) is 250 Å². The van der Waals surface area contributed by atoms with Gasteiger partial charge >= 0.3 is 5.97 Å². The number of aliphatic hydroxyl groups excluding tert-OH is 2. The molecule has 0 bridgehead atoms. The molecule has 0 aliphatic rings. The van der Waals surface area contributed by atoms with Gasteiger partial charge in [0, 0.05) is 12.8 Å². The summed E-state index contributed by atoms with van der Waals surface area (Å²) in [4.78, 5) is 24.5. The van der Waals surface area contributed by atoms with E-state index in [1.54, 1.807) is 0 Å². The number of rotatable bonds is 52. The average Bonchev–Trinajstić information content (AvgIpc) is 3.28. The van der Waals surface area contributed by atoms with Crippen molar-refractivity contribution < 1.29 is 24.5 Å². The summed E-state index contributed by atoms with van der Waals surface area (Å²) in [5.74, 6) is -0.0633. The lowest BCUT2D eigenvalue weighted by Crippen LogP contribution is -2.45. The lowest BCUT2D eigenvalue weighted by atomic mass is 10.0. The molecule has 0 aromatic heterocycles. The number of aliphatic hydroxyl groups is 2. The van der Waals surface area contributed by atoms with Gasteiger partial charge in [-0.15, -0.1) is 0 Å². The Labute approximate surface area is 392 Å². The van der Waals surface area contributed by atoms with Crippen molar-refractivity contribution in [3.05, 3.63) is 24.3 Å². The molecule has 0 heterocycles. The van der Waals surface area contributed by atoms with Gasteiger partial charge in [-0.25, -0.2) is 0 Å². The smallest absolute Gasteiger partial charge is 0.305 e. The maximum absolute atomic E-state index is 12.5. The van der Waals surface area contributed by atoms with Gasteiger partial charge in [0.2, 0.25) is 5.91 Å². The quantitative estimate of drug-likeness (QED) is 0.0321. The molecule has 0 saturated carbocycles. The minimum Gasteiger partial charge on any atom is -0.466 e. The van der Waals surface area contributed by atoms with Crippen LogP contribution in [0.3, 0.4) is 0 Å². The van der Waals surface area contributed by atoms with E-state index in [1.165, 1.54) is 186 Å². The van der Waals surface area contributed by atoms with E-state index in [9.17, 15) is 19.8 Å². The molecule has 1 amide bonds. The highest BCUT2D eigenvalue weighted by atomic mass is 16.5. The van der Waals surface area contributed by atoms with Gasteiger partial charge in [-0.3, -0.25) is 9.59 Å². The van der Waals surface area contributed by atoms with Crippen LogP contribution in [0.1, 0.15) is 303 Å². The Kier molecular flexibility index (Phi) is 51.6. The fraction of sp³-hybridized carbons (Fsp3) is 0.895. The van der Waals surface area contributed by atoms with Crippen LogP contribution in [-0.4, -0.2) is 47.4 Å². The van der Waals surface area contributed by atoms with Crippen LogP contribution in [0.5, 0.6) is 0 Å². The second-order valence-electron chi connectivity index (χ2n) is 19.3. The van der Waals surface area contributed by atoms with Crippen molar-refractivity contribution in [3.8, 4) is 0 Å². The molecule has 372 valence electrons. The molecule has 0 rings (SSSR count). The van der Waals surface area contributed by atoms with Gasteiger partial charge in [-0.2, -0.15) is 0 Å². The maximum atomic E-state index is 12.5. The Balaban J connectivity index is 3.50. The first kappa shape index (κ1) is 61.3. The number of carbonyl (C=O) groups is 2. The molecule has 0 radical (unpaired) electrons. The molecule has 0 aromatic carbocycles. The van der Waals surface area contributed by atoms with Gasteiger partial charge in [0.25, 0.3) is 0 Å². The maximum Gasteiger partial charge on any atom is 0.305 e. The Hall–Kier alpha value is -1.66. The first-order valence-corrected chi connectivity index (χ1v) is 28.1. The second-order valence-corrected chi connectivity index (χ2v) is 19.3. The predicted molar refractivity (Wildman–Crippen MR) is 273 cm³/mol. The van der Waals surface area contributed by atoms with Gasteiger partial charge < -0.3 is 20.3 Å². The number of nitrogens with one attached hydrogen (secondary N) is 1. The van der Waals surface area contributed by atoms with Crippen LogP contribution < -0.4 is 5.32 Å². The summed E-state index contributed by atoms with van der Waals surface area (Å²) in [6.07, 6.45) is 63.0. The van der Waals surface area contributed by atoms with E-state index >= 15 is 0 Å². The zero-order valence-electron chi connectivity index (χ0n) is 42.3. The highest BCUT2D eigenvalue weighted by Gasteiger charge is 2.20. The molecule has 0 aliphatic heterocycles. The number of allylic oxidation sites excluding steroid dienone is 4. The molecule has 63 heavy (non-hydrogen) atoms. The van der Waals surface area contributed by atoms with Gasteiger partial charge in [0.15, 0.2) is 0 Å². The third-order valence-corrected chi connectivity index (χ3v) is 13.0. The highest BCUT2D eigenvalue weighted by molar-refractivity contribution is 5.76. The monoisotopic (exact) mass is 888 g/mol. The van der Waals surface area contributed by atoms with Crippen molar-refractivity contribution >= 4 is 11.9 Å². The molecule has 0 spiro atoms. The minimum absolute atomic E-state index is 0.0137. The largest absolute Gasteiger partial charge is 0.466 e. The summed E-state index contributed by atoms with van der Waals surface area (Å²) < 4.78 is 5.45. The minimum atomic E-state index is -0.674. The van der Waals surface area contributed by atoms with Crippen LogP contribution in [-0.2, 0) is 14.3 Å². The molecule has 0 aliphatic carbocycles. The molecule has 0 aromatic rings. The van der Waals surface area contributed by atoms with Crippen LogP contribution in [0.25, 0.3) is 0 Å². The fourth-order valence-corrected chi connectivity index (χ4v) is 8.67. The summed E-state index contributed by atoms with van der Waals surface area (Å²) in [5, 5.41) is 23.3. The number of ether oxygens (including phenoxy) is 1. The van der Waals surface area contributed by atoms with E-state index in [-0.39, 0.29) is 18.5 Å². The fourth-order valence-electron chi connectivity index (χ4n) is 8.67. The van der Waals surface area contributed by atoms with Crippen molar-refractivity contribution in [3.63, 3.8) is 0 Å². The Bertz CT molecular complexity index is 982. The number of carbonyl (C=O) groups excluding carboxylic acids is 2. The lowest BCUT2D eigenvalue weighted by molar-refractivity contribution is -0.143. The number of unbranched alkanes of at least 4 members (excludes halogenated alkanes) is 37. The van der Waals surface area contributed by atoms with E-state index < -0.39 is 12.1 Å². The molecular weight excluding hydrogens is 779 g/mol. The number of esters is 1. The van der Waals surface area contributed by atoms with Crippen molar-refractivity contribution in [2.45, 2.75) is 315 Å². The Morgan fingerprint density at radius 1 is 0.444 bits per heavy atom. The van der Waals surface area contributed by atoms with E-state index in [4.69, 9.17) is 4.74 Å². The standard InChI is InChI=1S/C57H109NO5/c1-3-5-7-9-11-13-15-17-18-22-26-29-33-37-41-45-49-55(60)54(53-59)58-56(61)50-46-42-38-34-30-27-23-20-19-21-24-28-32-36-40-44-48-52-63-57(62)51-47-43-39-35-31-25-16-14-12-10-8-6-4-2/h19,21,28,32,54-55,59-60H,3-18,20,22-27,29-31,33-53H2,1-2H3,(H,58,61)/b21-19-,32-28-. The summed E-state index contributed by atoms with van der Waals surface area (Å²) in [5.41, 5.74) is 0. The van der Waals surface area contributed by atoms with Gasteiger partial charge in [0.05, 0.1) is 25.4 Å². The normalized spacial score (nSPS) is 12.8. The van der Waals surface area contributed by atoms with E-state index in [1.807, 2.05) is 0 Å². The topological polar surface area (TPSA) is 95.9 Å². The third kappa shape index (κ3) is 49.6. The number of hydrogen-bond donors (Lipinski definition) is 3. The number of amides is 1. The molecule has 6 heteroatoms. The zero-order valence-corrected chi connectivity index (χ0v) is 42.3. The average molecular weight is 889 g/mol. The van der Waals surface area contributed by atoms with Crippen molar-refractivity contribution in [1.29, 1.82) is 0 Å². The van der Waals surface area contributed by atoms with Crippen LogP contribution in [0, 0.1) is 0 Å². The molecule has 6 nitrogen and oxygen atoms in total. The lowest BCUT2D eigenvalue weighted by Gasteiger charge is -2.22. The predicted octanol–water partition coefficient (Wildman–Crippen LogP) is 17.1. The Morgan fingerprint density at radius 2 is 0.794 bits per heavy atom. The third-order valence-electron chi connectivity index (χ3n) is 13.0. The van der Waals surface area contributed by atoms with Crippen molar-refractivity contribution in [2.24, 2.45) is 0 Å². The molecule has 0 saturated heterocycles. The molecule has 2 unspecified atom stereocenters. The van der Waals surface area contributed by atoms with Crippen LogP contribution in [0.4, 0.5) is 0 Å². The van der Waals surface area contributed by atoms with Crippen molar-refractivity contribution in [2.75, 3.05) is 13.2 Å². The van der Waals surface area contributed by atoms with Crippen molar-refractivity contribution in [1.82, 2.24) is 5.32 Å². The summed E-state index contributed by atoms with van der Waals surface area (Å²) in [7, 11) is 0. The molecule has 3 N–H and O–H groups in total. The van der Waals surface area contributed by atoms with Crippen LogP contribution in [0.15, 0.2) is 24.3 Å². The summed E-state index contributed by atoms with van der Waals surface area (Å²) >= 11 is 0. The van der Waals surface area contributed by atoms with Gasteiger partial charge in [0.1, 0.15) is 0 Å². The second kappa shape index (κ2) is 53.0. The van der Waals surface area contributed by atoms with Crippen LogP contribution in [0.2, 0.25) is 0 Å². The van der Waals surface area contributed by atoms with Gasteiger partial charge in [-0.05, 0) is 64.2 Å². The zero-order chi connectivity index (χ0) is 45.8. The molecular formula is C57H109NO5. The molecule has 0 fully saturated rings. The number of hydrogen-bond acceptors (Lipinski definition) is 5. The van der Waals surface area contributed by atoms with E-state index in [0.29, 0.717) is 25.9 Å². The summed E-state index contributed by atoms with van der Waals surface area (Å²) in [6.45, 7) is 4.92.